The lowest BCUT2D eigenvalue weighted by Crippen LogP contribution is -2.48. The SMILES string of the molecule is O=C(O)C1CN(C(=O)c2ccc(Cl)cc2Cl)CCO1. The molecule has 1 amide bonds. The monoisotopic (exact) mass is 303 g/mol. The van der Waals surface area contributed by atoms with Gasteiger partial charge >= 0.3 is 5.97 Å². The van der Waals surface area contributed by atoms with Crippen LogP contribution >= 0.6 is 23.2 Å². The van der Waals surface area contributed by atoms with Gasteiger partial charge in [0, 0.05) is 11.6 Å². The van der Waals surface area contributed by atoms with Crippen LogP contribution in [0.25, 0.3) is 0 Å². The molecule has 7 heteroatoms. The van der Waals surface area contributed by atoms with Gasteiger partial charge in [0.15, 0.2) is 6.10 Å². The third kappa shape index (κ3) is 3.18. The van der Waals surface area contributed by atoms with Crippen LogP contribution in [0.5, 0.6) is 0 Å². The van der Waals surface area contributed by atoms with Gasteiger partial charge in [0.1, 0.15) is 0 Å². The van der Waals surface area contributed by atoms with Crippen LogP contribution in [-0.4, -0.2) is 47.7 Å². The van der Waals surface area contributed by atoms with Crippen molar-refractivity contribution in [1.29, 1.82) is 0 Å². The molecule has 0 spiro atoms. The third-order valence-corrected chi connectivity index (χ3v) is 3.34. The highest BCUT2D eigenvalue weighted by molar-refractivity contribution is 6.36. The highest BCUT2D eigenvalue weighted by Gasteiger charge is 2.30. The van der Waals surface area contributed by atoms with E-state index in [9.17, 15) is 9.59 Å². The normalized spacial score (nSPS) is 19.3. The molecule has 5 nitrogen and oxygen atoms in total. The van der Waals surface area contributed by atoms with Gasteiger partial charge in [0.25, 0.3) is 5.91 Å². The topological polar surface area (TPSA) is 66.8 Å². The van der Waals surface area contributed by atoms with Gasteiger partial charge in [-0.25, -0.2) is 4.79 Å². The Bertz CT molecular complexity index is 520. The molecule has 102 valence electrons. The van der Waals surface area contributed by atoms with Gasteiger partial charge in [-0.15, -0.1) is 0 Å². The van der Waals surface area contributed by atoms with Crippen LogP contribution in [0, 0.1) is 0 Å². The van der Waals surface area contributed by atoms with Crippen molar-refractivity contribution in [1.82, 2.24) is 4.90 Å². The maximum absolute atomic E-state index is 12.2. The Morgan fingerprint density at radius 3 is 2.74 bits per heavy atom. The zero-order valence-corrected chi connectivity index (χ0v) is 11.3. The molecular weight excluding hydrogens is 293 g/mol. The van der Waals surface area contributed by atoms with Crippen LogP contribution in [0.1, 0.15) is 10.4 Å². The fourth-order valence-electron chi connectivity index (χ4n) is 1.82. The number of carboxylic acid groups (broad SMARTS) is 1. The van der Waals surface area contributed by atoms with Gasteiger partial charge in [-0.3, -0.25) is 4.79 Å². The summed E-state index contributed by atoms with van der Waals surface area (Å²) in [6.07, 6.45) is -0.997. The maximum Gasteiger partial charge on any atom is 0.334 e. The second-order valence-electron chi connectivity index (χ2n) is 4.07. The van der Waals surface area contributed by atoms with Gasteiger partial charge in [-0.1, -0.05) is 23.2 Å². The minimum atomic E-state index is -1.08. The summed E-state index contributed by atoms with van der Waals surface area (Å²) in [7, 11) is 0. The minimum Gasteiger partial charge on any atom is -0.479 e. The molecule has 1 aromatic rings. The first-order valence-corrected chi connectivity index (χ1v) is 6.33. The molecule has 0 bridgehead atoms. The first-order valence-electron chi connectivity index (χ1n) is 5.58. The van der Waals surface area contributed by atoms with Crippen molar-refractivity contribution in [2.24, 2.45) is 0 Å². The molecular formula is C12H11Cl2NO4. The molecule has 1 unspecified atom stereocenters. The Hall–Kier alpha value is -1.30. The summed E-state index contributed by atoms with van der Waals surface area (Å²) in [5.74, 6) is -1.41. The average molecular weight is 304 g/mol. The van der Waals surface area contributed by atoms with Crippen molar-refractivity contribution in [3.63, 3.8) is 0 Å². The summed E-state index contributed by atoms with van der Waals surface area (Å²) in [6, 6.07) is 4.57. The van der Waals surface area contributed by atoms with Crippen molar-refractivity contribution >= 4 is 35.1 Å². The number of amides is 1. The molecule has 1 N–H and O–H groups in total. The maximum atomic E-state index is 12.2. The van der Waals surface area contributed by atoms with Crippen LogP contribution in [0.3, 0.4) is 0 Å². The van der Waals surface area contributed by atoms with E-state index in [1.54, 1.807) is 6.07 Å². The summed E-state index contributed by atoms with van der Waals surface area (Å²) in [4.78, 5) is 24.5. The number of nitrogens with zero attached hydrogens (tertiary/aromatic N) is 1. The zero-order valence-electron chi connectivity index (χ0n) is 9.81. The van der Waals surface area contributed by atoms with E-state index >= 15 is 0 Å². The fourth-order valence-corrected chi connectivity index (χ4v) is 2.31. The van der Waals surface area contributed by atoms with E-state index in [1.807, 2.05) is 0 Å². The second kappa shape index (κ2) is 5.77. The first kappa shape index (κ1) is 14.1. The first-order chi connectivity index (χ1) is 8.99. The van der Waals surface area contributed by atoms with Crippen molar-refractivity contribution in [2.45, 2.75) is 6.10 Å². The molecule has 0 radical (unpaired) electrons. The molecule has 1 fully saturated rings. The molecule has 1 aliphatic rings. The number of carbonyl (C=O) groups excluding carboxylic acids is 1. The Balaban J connectivity index is 2.17. The Kier molecular flexibility index (Phi) is 4.29. The molecule has 1 aromatic carbocycles. The van der Waals surface area contributed by atoms with Crippen LogP contribution in [0.2, 0.25) is 10.0 Å². The lowest BCUT2D eigenvalue weighted by molar-refractivity contribution is -0.154. The summed E-state index contributed by atoms with van der Waals surface area (Å²) in [6.45, 7) is 0.530. The number of aliphatic carboxylic acids is 1. The van der Waals surface area contributed by atoms with E-state index in [4.69, 9.17) is 33.0 Å². The molecule has 0 saturated carbocycles. The molecule has 1 heterocycles. The predicted molar refractivity (Wildman–Crippen MR) is 69.7 cm³/mol. The van der Waals surface area contributed by atoms with Crippen LogP contribution in [0.4, 0.5) is 0 Å². The van der Waals surface area contributed by atoms with Gasteiger partial charge in [-0.2, -0.15) is 0 Å². The van der Waals surface area contributed by atoms with Gasteiger partial charge < -0.3 is 14.7 Å². The van der Waals surface area contributed by atoms with Crippen LogP contribution in [-0.2, 0) is 9.53 Å². The number of carbonyl (C=O) groups is 2. The zero-order chi connectivity index (χ0) is 14.0. The van der Waals surface area contributed by atoms with E-state index in [0.29, 0.717) is 17.1 Å². The van der Waals surface area contributed by atoms with Crippen molar-refractivity contribution < 1.29 is 19.4 Å². The smallest absolute Gasteiger partial charge is 0.334 e. The van der Waals surface area contributed by atoms with Gasteiger partial charge in [0.05, 0.1) is 23.7 Å². The van der Waals surface area contributed by atoms with Crippen molar-refractivity contribution in [3.05, 3.63) is 33.8 Å². The number of rotatable bonds is 2. The quantitative estimate of drug-likeness (QED) is 0.906. The number of halogens is 2. The highest BCUT2D eigenvalue weighted by Crippen LogP contribution is 2.23. The Morgan fingerprint density at radius 2 is 2.11 bits per heavy atom. The second-order valence-corrected chi connectivity index (χ2v) is 4.92. The molecule has 0 aromatic heterocycles. The summed E-state index contributed by atoms with van der Waals surface area (Å²) in [5.41, 5.74) is 0.303. The summed E-state index contributed by atoms with van der Waals surface area (Å²) in [5, 5.41) is 9.58. The highest BCUT2D eigenvalue weighted by atomic mass is 35.5. The van der Waals surface area contributed by atoms with Gasteiger partial charge in [0.2, 0.25) is 0 Å². The largest absolute Gasteiger partial charge is 0.479 e. The molecule has 19 heavy (non-hydrogen) atoms. The number of morpholine rings is 1. The summed E-state index contributed by atoms with van der Waals surface area (Å²) >= 11 is 11.7. The standard InChI is InChI=1S/C12H11Cl2NO4/c13-7-1-2-8(9(14)5-7)11(16)15-3-4-19-10(6-15)12(17)18/h1-2,5,10H,3-4,6H2,(H,17,18). The predicted octanol–water partition coefficient (Wildman–Crippen LogP) is 1.92. The third-order valence-electron chi connectivity index (χ3n) is 2.79. The van der Waals surface area contributed by atoms with Crippen molar-refractivity contribution in [3.8, 4) is 0 Å². The lowest BCUT2D eigenvalue weighted by Gasteiger charge is -2.31. The number of carboxylic acids is 1. The van der Waals surface area contributed by atoms with E-state index in [2.05, 4.69) is 0 Å². The molecule has 2 rings (SSSR count). The van der Waals surface area contributed by atoms with Crippen LogP contribution < -0.4 is 0 Å². The van der Waals surface area contributed by atoms with Crippen LogP contribution in [0.15, 0.2) is 18.2 Å². The number of hydrogen-bond donors (Lipinski definition) is 1. The van der Waals surface area contributed by atoms with Crippen molar-refractivity contribution in [2.75, 3.05) is 19.7 Å². The van der Waals surface area contributed by atoms with E-state index in [1.165, 1.54) is 17.0 Å². The van der Waals surface area contributed by atoms with E-state index in [0.717, 1.165) is 0 Å². The molecule has 1 aliphatic heterocycles. The molecule has 0 aliphatic carbocycles. The lowest BCUT2D eigenvalue weighted by atomic mass is 10.1. The van der Waals surface area contributed by atoms with E-state index < -0.39 is 12.1 Å². The summed E-state index contributed by atoms with van der Waals surface area (Å²) < 4.78 is 5.06. The Labute approximate surface area is 119 Å². The Morgan fingerprint density at radius 1 is 1.37 bits per heavy atom. The number of ether oxygens (including phenoxy) is 1. The molecule has 1 atom stereocenters. The minimum absolute atomic E-state index is 0.00707. The fraction of sp³-hybridized carbons (Fsp3) is 0.333. The number of benzene rings is 1. The molecule has 1 saturated heterocycles. The average Bonchev–Trinajstić information content (AvgIpc) is 2.38. The number of hydrogen-bond acceptors (Lipinski definition) is 3. The van der Waals surface area contributed by atoms with Gasteiger partial charge in [-0.05, 0) is 18.2 Å². The van der Waals surface area contributed by atoms with E-state index in [-0.39, 0.29) is 24.1 Å².